The van der Waals surface area contributed by atoms with Crippen LogP contribution in [0.1, 0.15) is 239 Å². The number of rotatable bonds is 45. The van der Waals surface area contributed by atoms with Gasteiger partial charge in [0.15, 0.2) is 12.6 Å². The molecule has 1 amide bonds. The van der Waals surface area contributed by atoms with E-state index in [2.05, 4.69) is 19.2 Å². The second kappa shape index (κ2) is 42.1. The lowest BCUT2D eigenvalue weighted by Crippen LogP contribution is -2.65. The van der Waals surface area contributed by atoms with Crippen molar-refractivity contribution < 1.29 is 64.6 Å². The third-order valence-corrected chi connectivity index (χ3v) is 14.2. The van der Waals surface area contributed by atoms with Crippen molar-refractivity contribution in [2.75, 3.05) is 19.8 Å². The fourth-order valence-corrected chi connectivity index (χ4v) is 9.59. The van der Waals surface area contributed by atoms with E-state index in [4.69, 9.17) is 18.9 Å². The van der Waals surface area contributed by atoms with Crippen LogP contribution in [-0.4, -0.2) is 140 Å². The van der Waals surface area contributed by atoms with Gasteiger partial charge in [0.1, 0.15) is 48.8 Å². The highest BCUT2D eigenvalue weighted by atomic mass is 16.7. The van der Waals surface area contributed by atoms with Gasteiger partial charge in [0.05, 0.1) is 32.0 Å². The number of allylic oxidation sites excluding steroid dienone is 1. The van der Waals surface area contributed by atoms with Crippen molar-refractivity contribution in [3.05, 3.63) is 12.2 Å². The number of hydrogen-bond donors (Lipinski definition) is 9. The monoisotopic (exact) mass is 988 g/mol. The SMILES string of the molecule is CCCCCCCCCCCCCCCCC/C=C/C(O)C(COC1OC(CO)C(OC2OC(CO)C(O)C(O)C2O)C(O)C1O)NC(=O)CCCCCCCCCCCCCCCCCCCC. The molecule has 0 radical (unpaired) electrons. The first-order valence-corrected chi connectivity index (χ1v) is 28.4. The van der Waals surface area contributed by atoms with Crippen LogP contribution in [0.4, 0.5) is 0 Å². The maximum Gasteiger partial charge on any atom is 0.220 e. The second-order valence-electron chi connectivity index (χ2n) is 20.4. The Morgan fingerprint density at radius 1 is 0.507 bits per heavy atom. The number of nitrogens with one attached hydrogen (secondary N) is 1. The first-order valence-electron chi connectivity index (χ1n) is 28.4. The van der Waals surface area contributed by atoms with Gasteiger partial charge in [-0.3, -0.25) is 4.79 Å². The summed E-state index contributed by atoms with van der Waals surface area (Å²) in [5.74, 6) is -0.235. The largest absolute Gasteiger partial charge is 0.394 e. The maximum atomic E-state index is 13.2. The number of unbranched alkanes of at least 4 members (excludes halogenated alkanes) is 32. The minimum absolute atomic E-state index is 0.235. The van der Waals surface area contributed by atoms with Gasteiger partial charge in [-0.2, -0.15) is 0 Å². The molecule has 2 aliphatic rings. The van der Waals surface area contributed by atoms with Crippen LogP contribution in [0.3, 0.4) is 0 Å². The van der Waals surface area contributed by atoms with Crippen LogP contribution >= 0.6 is 0 Å². The molecule has 9 N–H and O–H groups in total. The molecule has 0 aromatic carbocycles. The Balaban J connectivity index is 1.80. The van der Waals surface area contributed by atoms with Gasteiger partial charge in [0.2, 0.25) is 5.91 Å². The Bertz CT molecular complexity index is 1210. The molecule has 14 nitrogen and oxygen atoms in total. The van der Waals surface area contributed by atoms with Crippen LogP contribution < -0.4 is 5.32 Å². The van der Waals surface area contributed by atoms with E-state index >= 15 is 0 Å². The normalized spacial score (nSPS) is 26.2. The molecule has 0 bridgehead atoms. The third-order valence-electron chi connectivity index (χ3n) is 14.2. The van der Waals surface area contributed by atoms with Crippen LogP contribution in [0.2, 0.25) is 0 Å². The number of aliphatic hydroxyl groups is 8. The van der Waals surface area contributed by atoms with Gasteiger partial charge in [0.25, 0.3) is 0 Å². The van der Waals surface area contributed by atoms with Gasteiger partial charge in [0, 0.05) is 6.42 Å². The average molecular weight is 988 g/mol. The van der Waals surface area contributed by atoms with Crippen molar-refractivity contribution in [3.63, 3.8) is 0 Å². The van der Waals surface area contributed by atoms with Crippen LogP contribution in [-0.2, 0) is 23.7 Å². The number of carbonyl (C=O) groups is 1. The fraction of sp³-hybridized carbons (Fsp3) is 0.945. The topological polar surface area (TPSA) is 228 Å². The van der Waals surface area contributed by atoms with Crippen molar-refractivity contribution in [2.45, 2.75) is 312 Å². The molecule has 2 aliphatic heterocycles. The highest BCUT2D eigenvalue weighted by Gasteiger charge is 2.51. The average Bonchev–Trinajstić information content (AvgIpc) is 3.35. The van der Waals surface area contributed by atoms with Gasteiger partial charge >= 0.3 is 0 Å². The van der Waals surface area contributed by atoms with E-state index in [1.807, 2.05) is 6.08 Å². The Labute approximate surface area is 418 Å². The van der Waals surface area contributed by atoms with E-state index < -0.39 is 86.8 Å². The predicted molar refractivity (Wildman–Crippen MR) is 272 cm³/mol. The van der Waals surface area contributed by atoms with E-state index in [0.29, 0.717) is 6.42 Å². The summed E-state index contributed by atoms with van der Waals surface area (Å²) in [5, 5.41) is 87.0. The van der Waals surface area contributed by atoms with Gasteiger partial charge in [-0.15, -0.1) is 0 Å². The molecule has 12 atom stereocenters. The first-order chi connectivity index (χ1) is 33.6. The zero-order valence-corrected chi connectivity index (χ0v) is 43.6. The molecule has 2 fully saturated rings. The molecular weight excluding hydrogens is 883 g/mol. The zero-order chi connectivity index (χ0) is 50.3. The summed E-state index contributed by atoms with van der Waals surface area (Å²) in [6, 6.07) is -0.908. The molecule has 0 aliphatic carbocycles. The molecule has 69 heavy (non-hydrogen) atoms. The van der Waals surface area contributed by atoms with Gasteiger partial charge < -0.3 is 65.1 Å². The van der Waals surface area contributed by atoms with Crippen LogP contribution in [0.15, 0.2) is 12.2 Å². The molecule has 0 saturated carbocycles. The molecule has 2 rings (SSSR count). The lowest BCUT2D eigenvalue weighted by molar-refractivity contribution is -0.359. The van der Waals surface area contributed by atoms with Crippen molar-refractivity contribution >= 4 is 5.91 Å². The summed E-state index contributed by atoms with van der Waals surface area (Å²) >= 11 is 0. The van der Waals surface area contributed by atoms with Gasteiger partial charge in [-0.1, -0.05) is 225 Å². The molecule has 0 spiro atoms. The number of carbonyl (C=O) groups excluding carboxylic acids is 1. The highest BCUT2D eigenvalue weighted by Crippen LogP contribution is 2.30. The van der Waals surface area contributed by atoms with Crippen LogP contribution in [0.5, 0.6) is 0 Å². The fourth-order valence-electron chi connectivity index (χ4n) is 9.59. The van der Waals surface area contributed by atoms with E-state index in [9.17, 15) is 45.6 Å². The molecule has 14 heteroatoms. The maximum absolute atomic E-state index is 13.2. The summed E-state index contributed by atoms with van der Waals surface area (Å²) in [6.45, 7) is 2.82. The summed E-state index contributed by atoms with van der Waals surface area (Å²) in [6.07, 6.45) is 29.6. The minimum Gasteiger partial charge on any atom is -0.394 e. The quantitative estimate of drug-likeness (QED) is 0.0206. The van der Waals surface area contributed by atoms with E-state index in [1.54, 1.807) is 6.08 Å². The van der Waals surface area contributed by atoms with Crippen molar-refractivity contribution in [1.82, 2.24) is 5.32 Å². The predicted octanol–water partition coefficient (Wildman–Crippen LogP) is 8.72. The van der Waals surface area contributed by atoms with Crippen molar-refractivity contribution in [3.8, 4) is 0 Å². The summed E-state index contributed by atoms with van der Waals surface area (Å²) in [5.41, 5.74) is 0. The first kappa shape index (κ1) is 63.8. The number of aliphatic hydroxyl groups excluding tert-OH is 8. The molecule has 2 saturated heterocycles. The number of ether oxygens (including phenoxy) is 4. The highest BCUT2D eigenvalue weighted by molar-refractivity contribution is 5.76. The molecule has 12 unspecified atom stereocenters. The summed E-state index contributed by atoms with van der Waals surface area (Å²) in [4.78, 5) is 13.2. The Kier molecular flexibility index (Phi) is 39.0. The molecule has 0 aromatic heterocycles. The molecular formula is C55H105NO13. The van der Waals surface area contributed by atoms with Crippen molar-refractivity contribution in [2.24, 2.45) is 0 Å². The lowest BCUT2D eigenvalue weighted by atomic mass is 9.97. The minimum atomic E-state index is -1.78. The third kappa shape index (κ3) is 28.7. The smallest absolute Gasteiger partial charge is 0.220 e. The molecule has 2 heterocycles. The molecule has 0 aromatic rings. The van der Waals surface area contributed by atoms with E-state index in [0.717, 1.165) is 38.5 Å². The summed E-state index contributed by atoms with van der Waals surface area (Å²) < 4.78 is 22.8. The Hall–Kier alpha value is -1.27. The van der Waals surface area contributed by atoms with Gasteiger partial charge in [-0.25, -0.2) is 0 Å². The summed E-state index contributed by atoms with van der Waals surface area (Å²) in [7, 11) is 0. The van der Waals surface area contributed by atoms with Crippen molar-refractivity contribution in [1.29, 1.82) is 0 Å². The van der Waals surface area contributed by atoms with Crippen LogP contribution in [0.25, 0.3) is 0 Å². The lowest BCUT2D eigenvalue weighted by Gasteiger charge is -2.46. The second-order valence-corrected chi connectivity index (χ2v) is 20.4. The molecule has 408 valence electrons. The zero-order valence-electron chi connectivity index (χ0n) is 43.6. The van der Waals surface area contributed by atoms with E-state index in [1.165, 1.54) is 173 Å². The Morgan fingerprint density at radius 2 is 0.899 bits per heavy atom. The Morgan fingerprint density at radius 3 is 1.33 bits per heavy atom. The van der Waals surface area contributed by atoms with E-state index in [-0.39, 0.29) is 18.9 Å². The number of amides is 1. The standard InChI is InChI=1S/C55H105NO13/c1-3-5-7-9-11-13-15-17-19-21-23-25-27-29-31-33-35-37-39-47(60)56-43(44(59)38-36-34-32-30-28-26-24-22-20-18-16-14-12-10-8-6-4-2)42-66-54-52(65)50(63)53(46(41-58)68-54)69-55-51(64)49(62)48(61)45(40-57)67-55/h36,38,43-46,48-55,57-59,61-65H,3-35,37,39-42H2,1-2H3,(H,56,60)/b38-36+. The number of hydrogen-bond acceptors (Lipinski definition) is 13. The van der Waals surface area contributed by atoms with Gasteiger partial charge in [-0.05, 0) is 19.3 Å². The van der Waals surface area contributed by atoms with Crippen LogP contribution in [0, 0.1) is 0 Å².